The summed E-state index contributed by atoms with van der Waals surface area (Å²) in [6.45, 7) is 3.46. The lowest BCUT2D eigenvalue weighted by Crippen LogP contribution is -2.38. The van der Waals surface area contributed by atoms with Crippen LogP contribution < -0.4 is 5.32 Å². The summed E-state index contributed by atoms with van der Waals surface area (Å²) in [7, 11) is 1.79. The van der Waals surface area contributed by atoms with E-state index in [9.17, 15) is 4.79 Å². The second-order valence-electron chi connectivity index (χ2n) is 2.24. The van der Waals surface area contributed by atoms with Gasteiger partial charge in [0, 0.05) is 25.9 Å². The van der Waals surface area contributed by atoms with Crippen LogP contribution in [0.3, 0.4) is 0 Å². The molecule has 0 aromatic rings. The third kappa shape index (κ3) is 4.95. The van der Waals surface area contributed by atoms with Gasteiger partial charge in [-0.25, -0.2) is 4.79 Å². The van der Waals surface area contributed by atoms with Crippen LogP contribution in [0.4, 0.5) is 4.79 Å². The van der Waals surface area contributed by atoms with Gasteiger partial charge in [0.05, 0.1) is 0 Å². The van der Waals surface area contributed by atoms with Crippen molar-refractivity contribution in [1.82, 2.24) is 10.2 Å². The number of carbonyl (C=O) groups is 1. The summed E-state index contributed by atoms with van der Waals surface area (Å²) in [6.07, 6.45) is 2.02. The summed E-state index contributed by atoms with van der Waals surface area (Å²) in [6, 6.07) is 0.0153. The van der Waals surface area contributed by atoms with Gasteiger partial charge in [-0.15, -0.1) is 0 Å². The second-order valence-corrected chi connectivity index (χ2v) is 3.22. The highest BCUT2D eigenvalue weighted by Gasteiger charge is 2.02. The average molecular weight is 176 g/mol. The molecule has 2 amide bonds. The molecule has 1 N–H and O–H groups in total. The summed E-state index contributed by atoms with van der Waals surface area (Å²) in [5.41, 5.74) is 0. The van der Waals surface area contributed by atoms with Crippen molar-refractivity contribution in [3.8, 4) is 0 Å². The molecule has 0 aliphatic rings. The van der Waals surface area contributed by atoms with Crippen LogP contribution in [-0.2, 0) is 0 Å². The highest BCUT2D eigenvalue weighted by atomic mass is 32.2. The number of carbonyl (C=O) groups excluding carboxylic acids is 1. The van der Waals surface area contributed by atoms with E-state index in [1.54, 1.807) is 23.7 Å². The molecule has 0 aromatic carbocycles. The minimum Gasteiger partial charge on any atom is -0.337 e. The lowest BCUT2D eigenvalue weighted by molar-refractivity contribution is 0.212. The quantitative estimate of drug-likeness (QED) is 0.648. The van der Waals surface area contributed by atoms with Crippen molar-refractivity contribution >= 4 is 17.8 Å². The van der Waals surface area contributed by atoms with Crippen molar-refractivity contribution in [3.63, 3.8) is 0 Å². The van der Waals surface area contributed by atoms with Crippen molar-refractivity contribution < 1.29 is 4.79 Å². The van der Waals surface area contributed by atoms with Crippen molar-refractivity contribution in [2.45, 2.75) is 6.92 Å². The van der Waals surface area contributed by atoms with Crippen molar-refractivity contribution in [3.05, 3.63) is 0 Å². The van der Waals surface area contributed by atoms with E-state index < -0.39 is 0 Å². The zero-order chi connectivity index (χ0) is 8.69. The predicted octanol–water partition coefficient (Wildman–Crippen LogP) is 1.01. The zero-order valence-corrected chi connectivity index (χ0v) is 8.20. The fourth-order valence-corrected chi connectivity index (χ4v) is 0.845. The summed E-state index contributed by atoms with van der Waals surface area (Å²) in [5.74, 6) is 0.975. The number of urea groups is 1. The van der Waals surface area contributed by atoms with E-state index >= 15 is 0 Å². The van der Waals surface area contributed by atoms with E-state index in [-0.39, 0.29) is 6.03 Å². The number of hydrogen-bond acceptors (Lipinski definition) is 2. The summed E-state index contributed by atoms with van der Waals surface area (Å²) in [5, 5.41) is 2.80. The Morgan fingerprint density at radius 2 is 2.27 bits per heavy atom. The fourth-order valence-electron chi connectivity index (χ4n) is 0.539. The molecule has 66 valence electrons. The fraction of sp³-hybridized carbons (Fsp3) is 0.857. The van der Waals surface area contributed by atoms with Gasteiger partial charge in [0.15, 0.2) is 0 Å². The Morgan fingerprint density at radius 3 is 2.73 bits per heavy atom. The van der Waals surface area contributed by atoms with E-state index in [0.29, 0.717) is 0 Å². The molecule has 0 aliphatic carbocycles. The molecule has 0 rings (SSSR count). The van der Waals surface area contributed by atoms with E-state index in [0.717, 1.165) is 18.8 Å². The second kappa shape index (κ2) is 6.34. The summed E-state index contributed by atoms with van der Waals surface area (Å²) < 4.78 is 0. The van der Waals surface area contributed by atoms with Gasteiger partial charge in [0.1, 0.15) is 0 Å². The first kappa shape index (κ1) is 10.6. The van der Waals surface area contributed by atoms with Gasteiger partial charge < -0.3 is 10.2 Å². The maximum absolute atomic E-state index is 11.1. The summed E-state index contributed by atoms with van der Waals surface area (Å²) in [4.78, 5) is 12.7. The minimum atomic E-state index is 0.0153. The average Bonchev–Trinajstić information content (AvgIpc) is 2.03. The molecule has 0 fully saturated rings. The first-order chi connectivity index (χ1) is 5.22. The molecule has 0 saturated heterocycles. The Hall–Kier alpha value is -0.380. The highest BCUT2D eigenvalue weighted by molar-refractivity contribution is 7.98. The van der Waals surface area contributed by atoms with Crippen molar-refractivity contribution in [2.24, 2.45) is 0 Å². The Morgan fingerprint density at radius 1 is 1.64 bits per heavy atom. The number of nitrogens with zero attached hydrogens (tertiary/aromatic N) is 1. The molecular formula is C7H16N2OS. The van der Waals surface area contributed by atoms with Crippen LogP contribution in [0.25, 0.3) is 0 Å². The largest absolute Gasteiger partial charge is 0.337 e. The molecule has 0 aromatic heterocycles. The predicted molar refractivity (Wildman–Crippen MR) is 50.1 cm³/mol. The van der Waals surface area contributed by atoms with Gasteiger partial charge in [-0.3, -0.25) is 0 Å². The van der Waals surface area contributed by atoms with Crippen LogP contribution in [0.15, 0.2) is 0 Å². The van der Waals surface area contributed by atoms with Crippen molar-refractivity contribution in [2.75, 3.05) is 32.1 Å². The lowest BCUT2D eigenvalue weighted by atomic mass is 10.6. The lowest BCUT2D eigenvalue weighted by Gasteiger charge is -2.14. The smallest absolute Gasteiger partial charge is 0.317 e. The maximum Gasteiger partial charge on any atom is 0.317 e. The number of nitrogens with one attached hydrogen (secondary N) is 1. The van der Waals surface area contributed by atoms with Crippen LogP contribution in [0.2, 0.25) is 0 Å². The van der Waals surface area contributed by atoms with Crippen LogP contribution in [0.5, 0.6) is 0 Å². The topological polar surface area (TPSA) is 32.3 Å². The summed E-state index contributed by atoms with van der Waals surface area (Å²) >= 11 is 1.73. The third-order valence-electron chi connectivity index (χ3n) is 1.40. The Kier molecular flexibility index (Phi) is 6.12. The Labute approximate surface area is 72.5 Å². The molecule has 0 bridgehead atoms. The Bertz CT molecular complexity index is 119. The van der Waals surface area contributed by atoms with Crippen LogP contribution in [-0.4, -0.2) is 43.1 Å². The number of rotatable bonds is 4. The van der Waals surface area contributed by atoms with Gasteiger partial charge in [-0.1, -0.05) is 0 Å². The molecule has 0 atom stereocenters. The molecule has 0 heterocycles. The van der Waals surface area contributed by atoms with Crippen LogP contribution in [0.1, 0.15) is 6.92 Å². The molecule has 0 unspecified atom stereocenters. The normalized spacial score (nSPS) is 9.36. The molecule has 0 aliphatic heterocycles. The molecule has 3 nitrogen and oxygen atoms in total. The van der Waals surface area contributed by atoms with Crippen LogP contribution in [0, 0.1) is 0 Å². The van der Waals surface area contributed by atoms with Gasteiger partial charge in [-0.05, 0) is 13.2 Å². The molecule has 4 heteroatoms. The molecule has 0 spiro atoms. The Balaban J connectivity index is 3.36. The number of thioether (sulfide) groups is 1. The maximum atomic E-state index is 11.1. The third-order valence-corrected chi connectivity index (χ3v) is 2.02. The standard InChI is InChI=1S/C7H16N2OS/c1-4-9(2)7(10)8-5-6-11-3/h4-6H2,1-3H3,(H,8,10). The molecular weight excluding hydrogens is 160 g/mol. The van der Waals surface area contributed by atoms with Gasteiger partial charge in [-0.2, -0.15) is 11.8 Å². The van der Waals surface area contributed by atoms with Gasteiger partial charge in [0.25, 0.3) is 0 Å². The zero-order valence-electron chi connectivity index (χ0n) is 7.39. The highest BCUT2D eigenvalue weighted by Crippen LogP contribution is 1.88. The van der Waals surface area contributed by atoms with Crippen LogP contribution >= 0.6 is 11.8 Å². The SMILES string of the molecule is CCN(C)C(=O)NCCSC. The molecule has 0 saturated carbocycles. The van der Waals surface area contributed by atoms with Crippen molar-refractivity contribution in [1.29, 1.82) is 0 Å². The number of hydrogen-bond donors (Lipinski definition) is 1. The van der Waals surface area contributed by atoms with E-state index in [1.165, 1.54) is 0 Å². The van der Waals surface area contributed by atoms with E-state index in [2.05, 4.69) is 5.32 Å². The first-order valence-corrected chi connectivity index (χ1v) is 5.09. The van der Waals surface area contributed by atoms with E-state index in [1.807, 2.05) is 13.2 Å². The van der Waals surface area contributed by atoms with Gasteiger partial charge in [0.2, 0.25) is 0 Å². The number of amides is 2. The first-order valence-electron chi connectivity index (χ1n) is 3.70. The van der Waals surface area contributed by atoms with Gasteiger partial charge >= 0.3 is 6.03 Å². The molecule has 0 radical (unpaired) electrons. The molecule has 11 heavy (non-hydrogen) atoms. The minimum absolute atomic E-state index is 0.0153. The monoisotopic (exact) mass is 176 g/mol. The van der Waals surface area contributed by atoms with E-state index in [4.69, 9.17) is 0 Å².